The van der Waals surface area contributed by atoms with Gasteiger partial charge in [0, 0.05) is 22.2 Å². The summed E-state index contributed by atoms with van der Waals surface area (Å²) < 4.78 is 0.917. The maximum Gasteiger partial charge on any atom is 0.0772 e. The molecule has 0 aliphatic heterocycles. The Hall–Kier alpha value is -1.03. The van der Waals surface area contributed by atoms with Crippen molar-refractivity contribution in [2.75, 3.05) is 11.9 Å². The number of benzene rings is 2. The first kappa shape index (κ1) is 16.3. The van der Waals surface area contributed by atoms with Gasteiger partial charge in [0.2, 0.25) is 0 Å². The summed E-state index contributed by atoms with van der Waals surface area (Å²) in [5, 5.41) is 10.4. The van der Waals surface area contributed by atoms with Crippen LogP contribution in [-0.4, -0.2) is 12.2 Å². The van der Waals surface area contributed by atoms with Crippen molar-refractivity contribution in [1.82, 2.24) is 0 Å². The van der Waals surface area contributed by atoms with Gasteiger partial charge in [0.25, 0.3) is 0 Å². The standard InChI is InChI=1S/C17H19BrClNO/c1-11(13-5-4-6-14(19)9-13)20(3)15-7-8-16(12(2)21)17(18)10-15/h4-12,21H,1-3H3. The van der Waals surface area contributed by atoms with Crippen LogP contribution in [0.15, 0.2) is 46.9 Å². The van der Waals surface area contributed by atoms with Gasteiger partial charge >= 0.3 is 0 Å². The van der Waals surface area contributed by atoms with Gasteiger partial charge < -0.3 is 10.0 Å². The number of anilines is 1. The lowest BCUT2D eigenvalue weighted by atomic mass is 10.1. The molecule has 0 spiro atoms. The van der Waals surface area contributed by atoms with Gasteiger partial charge in [0.05, 0.1) is 12.1 Å². The maximum absolute atomic E-state index is 9.69. The first-order valence-corrected chi connectivity index (χ1v) is 8.03. The fourth-order valence-electron chi connectivity index (χ4n) is 2.29. The average Bonchev–Trinajstić information content (AvgIpc) is 2.45. The number of halogens is 2. The van der Waals surface area contributed by atoms with E-state index in [4.69, 9.17) is 11.6 Å². The van der Waals surface area contributed by atoms with Crippen LogP contribution in [0.25, 0.3) is 0 Å². The third kappa shape index (κ3) is 3.79. The summed E-state index contributed by atoms with van der Waals surface area (Å²) in [6, 6.07) is 14.1. The molecule has 0 aliphatic rings. The Bertz CT molecular complexity index is 630. The van der Waals surface area contributed by atoms with Crippen molar-refractivity contribution in [2.24, 2.45) is 0 Å². The molecule has 0 saturated heterocycles. The molecular formula is C17H19BrClNO. The zero-order valence-electron chi connectivity index (χ0n) is 12.3. The van der Waals surface area contributed by atoms with Crippen molar-refractivity contribution in [3.05, 3.63) is 63.1 Å². The molecule has 2 unspecified atom stereocenters. The van der Waals surface area contributed by atoms with Crippen LogP contribution < -0.4 is 4.90 Å². The summed E-state index contributed by atoms with van der Waals surface area (Å²) in [4.78, 5) is 2.18. The number of rotatable bonds is 4. The molecule has 21 heavy (non-hydrogen) atoms. The highest BCUT2D eigenvalue weighted by Crippen LogP contribution is 2.32. The number of nitrogens with zero attached hydrogens (tertiary/aromatic N) is 1. The van der Waals surface area contributed by atoms with E-state index in [0.717, 1.165) is 20.7 Å². The largest absolute Gasteiger partial charge is 0.389 e. The topological polar surface area (TPSA) is 23.5 Å². The number of hydrogen-bond donors (Lipinski definition) is 1. The van der Waals surface area contributed by atoms with Crippen molar-refractivity contribution in [2.45, 2.75) is 26.0 Å². The molecule has 2 nitrogen and oxygen atoms in total. The van der Waals surface area contributed by atoms with Crippen LogP contribution in [0.5, 0.6) is 0 Å². The van der Waals surface area contributed by atoms with Crippen LogP contribution in [0.2, 0.25) is 5.02 Å². The molecule has 0 amide bonds. The molecule has 0 radical (unpaired) electrons. The van der Waals surface area contributed by atoms with E-state index in [0.29, 0.717) is 0 Å². The minimum Gasteiger partial charge on any atom is -0.389 e. The van der Waals surface area contributed by atoms with Crippen LogP contribution in [0.1, 0.15) is 37.1 Å². The molecule has 2 rings (SSSR count). The summed E-state index contributed by atoms with van der Waals surface area (Å²) >= 11 is 9.59. The van der Waals surface area contributed by atoms with Gasteiger partial charge in [0.1, 0.15) is 0 Å². The minimum absolute atomic E-state index is 0.202. The molecule has 4 heteroatoms. The first-order chi connectivity index (χ1) is 9.90. The molecular weight excluding hydrogens is 350 g/mol. The Morgan fingerprint density at radius 1 is 1.14 bits per heavy atom. The molecule has 0 heterocycles. The normalized spacial score (nSPS) is 13.8. The van der Waals surface area contributed by atoms with Crippen molar-refractivity contribution in [1.29, 1.82) is 0 Å². The van der Waals surface area contributed by atoms with E-state index >= 15 is 0 Å². The summed E-state index contributed by atoms with van der Waals surface area (Å²) in [6.07, 6.45) is -0.482. The van der Waals surface area contributed by atoms with Gasteiger partial charge in [-0.1, -0.05) is 45.7 Å². The van der Waals surface area contributed by atoms with Crippen LogP contribution in [0.4, 0.5) is 5.69 Å². The van der Waals surface area contributed by atoms with Gasteiger partial charge in [0.15, 0.2) is 0 Å². The van der Waals surface area contributed by atoms with Crippen LogP contribution in [0.3, 0.4) is 0 Å². The highest BCUT2D eigenvalue weighted by Gasteiger charge is 2.14. The lowest BCUT2D eigenvalue weighted by molar-refractivity contribution is 0.198. The quantitative estimate of drug-likeness (QED) is 0.786. The van der Waals surface area contributed by atoms with Crippen molar-refractivity contribution >= 4 is 33.2 Å². The van der Waals surface area contributed by atoms with E-state index in [1.165, 1.54) is 5.56 Å². The van der Waals surface area contributed by atoms with Gasteiger partial charge in [-0.25, -0.2) is 0 Å². The molecule has 2 aromatic rings. The Morgan fingerprint density at radius 3 is 2.43 bits per heavy atom. The molecule has 2 atom stereocenters. The minimum atomic E-state index is -0.482. The second-order valence-electron chi connectivity index (χ2n) is 5.22. The fourth-order valence-corrected chi connectivity index (χ4v) is 3.18. The molecule has 2 aromatic carbocycles. The van der Waals surface area contributed by atoms with Crippen LogP contribution >= 0.6 is 27.5 Å². The Morgan fingerprint density at radius 2 is 1.86 bits per heavy atom. The number of hydrogen-bond acceptors (Lipinski definition) is 2. The van der Waals surface area contributed by atoms with E-state index in [1.807, 2.05) is 36.4 Å². The molecule has 1 N–H and O–H groups in total. The van der Waals surface area contributed by atoms with Crippen molar-refractivity contribution in [3.63, 3.8) is 0 Å². The number of aliphatic hydroxyl groups excluding tert-OH is 1. The Labute approximate surface area is 139 Å². The van der Waals surface area contributed by atoms with Gasteiger partial charge in [-0.05, 0) is 49.2 Å². The molecule has 0 bridgehead atoms. The molecule has 0 aromatic heterocycles. The van der Waals surface area contributed by atoms with Crippen LogP contribution in [0, 0.1) is 0 Å². The SMILES string of the molecule is CC(O)c1ccc(N(C)C(C)c2cccc(Cl)c2)cc1Br. The highest BCUT2D eigenvalue weighted by molar-refractivity contribution is 9.10. The summed E-state index contributed by atoms with van der Waals surface area (Å²) in [5.74, 6) is 0. The van der Waals surface area contributed by atoms with E-state index in [2.05, 4.69) is 40.9 Å². The Balaban J connectivity index is 2.27. The smallest absolute Gasteiger partial charge is 0.0772 e. The zero-order chi connectivity index (χ0) is 15.6. The van der Waals surface area contributed by atoms with Gasteiger partial charge in [-0.2, -0.15) is 0 Å². The predicted octanol–water partition coefficient (Wildman–Crippen LogP) is 5.35. The third-order valence-corrected chi connectivity index (χ3v) is 4.68. The van der Waals surface area contributed by atoms with E-state index in [-0.39, 0.29) is 6.04 Å². The summed E-state index contributed by atoms with van der Waals surface area (Å²) in [6.45, 7) is 3.90. The monoisotopic (exact) mass is 367 g/mol. The van der Waals surface area contributed by atoms with E-state index in [9.17, 15) is 5.11 Å². The average molecular weight is 369 g/mol. The van der Waals surface area contributed by atoms with E-state index in [1.54, 1.807) is 6.92 Å². The summed E-state index contributed by atoms with van der Waals surface area (Å²) in [5.41, 5.74) is 3.14. The molecule has 0 saturated carbocycles. The predicted molar refractivity (Wildman–Crippen MR) is 93.0 cm³/mol. The van der Waals surface area contributed by atoms with E-state index < -0.39 is 6.10 Å². The molecule has 0 fully saturated rings. The van der Waals surface area contributed by atoms with Crippen molar-refractivity contribution < 1.29 is 5.11 Å². The third-order valence-electron chi connectivity index (χ3n) is 3.75. The fraction of sp³-hybridized carbons (Fsp3) is 0.294. The number of aliphatic hydroxyl groups is 1. The second kappa shape index (κ2) is 6.82. The van der Waals surface area contributed by atoms with Gasteiger partial charge in [-0.15, -0.1) is 0 Å². The van der Waals surface area contributed by atoms with Crippen LogP contribution in [-0.2, 0) is 0 Å². The second-order valence-corrected chi connectivity index (χ2v) is 6.51. The molecule has 112 valence electrons. The summed E-state index contributed by atoms with van der Waals surface area (Å²) in [7, 11) is 2.05. The van der Waals surface area contributed by atoms with Crippen molar-refractivity contribution in [3.8, 4) is 0 Å². The first-order valence-electron chi connectivity index (χ1n) is 6.86. The lowest BCUT2D eigenvalue weighted by Crippen LogP contribution is -2.21. The molecule has 0 aliphatic carbocycles. The lowest BCUT2D eigenvalue weighted by Gasteiger charge is -2.28. The Kier molecular flexibility index (Phi) is 5.31. The van der Waals surface area contributed by atoms with Gasteiger partial charge in [-0.3, -0.25) is 0 Å². The zero-order valence-corrected chi connectivity index (χ0v) is 14.7. The maximum atomic E-state index is 9.69. The highest BCUT2D eigenvalue weighted by atomic mass is 79.9.